The molecule has 0 aliphatic rings. The fraction of sp³-hybridized carbons (Fsp3) is 0.200. The van der Waals surface area contributed by atoms with Gasteiger partial charge < -0.3 is 0 Å². The summed E-state index contributed by atoms with van der Waals surface area (Å²) in [6, 6.07) is 0. The van der Waals surface area contributed by atoms with Crippen molar-refractivity contribution < 1.29 is 4.92 Å². The van der Waals surface area contributed by atoms with Gasteiger partial charge in [-0.15, -0.1) is 0 Å². The first-order valence-corrected chi connectivity index (χ1v) is 2.66. The van der Waals surface area contributed by atoms with Crippen LogP contribution in [-0.2, 0) is 6.54 Å². The van der Waals surface area contributed by atoms with Crippen LogP contribution in [0.3, 0.4) is 0 Å². The summed E-state index contributed by atoms with van der Waals surface area (Å²) in [4.78, 5) is 16.9. The van der Waals surface area contributed by atoms with Crippen LogP contribution in [0.2, 0.25) is 0 Å². The van der Waals surface area contributed by atoms with Gasteiger partial charge in [0.15, 0.2) is 0 Å². The van der Waals surface area contributed by atoms with Gasteiger partial charge in [-0.1, -0.05) is 0 Å². The number of nitrogens with zero attached hydrogens (tertiary/aromatic N) is 3. The van der Waals surface area contributed by atoms with Gasteiger partial charge in [0, 0.05) is 17.3 Å². The van der Waals surface area contributed by atoms with Gasteiger partial charge in [0.2, 0.25) is 6.54 Å². The lowest BCUT2D eigenvalue weighted by Gasteiger charge is -1.89. The third-order valence-electron chi connectivity index (χ3n) is 0.908. The van der Waals surface area contributed by atoms with Crippen LogP contribution in [-0.4, -0.2) is 14.9 Å². The third-order valence-corrected chi connectivity index (χ3v) is 0.908. The zero-order chi connectivity index (χ0) is 7.40. The minimum absolute atomic E-state index is 0.256. The van der Waals surface area contributed by atoms with Crippen LogP contribution < -0.4 is 0 Å². The third kappa shape index (κ3) is 1.77. The maximum absolute atomic E-state index is 9.91. The lowest BCUT2D eigenvalue weighted by atomic mass is 10.5. The van der Waals surface area contributed by atoms with Gasteiger partial charge in [0.1, 0.15) is 5.69 Å². The minimum atomic E-state index is -0.440. The van der Waals surface area contributed by atoms with Crippen LogP contribution in [0.25, 0.3) is 0 Å². The van der Waals surface area contributed by atoms with Gasteiger partial charge in [-0.3, -0.25) is 20.1 Å². The van der Waals surface area contributed by atoms with Crippen molar-refractivity contribution in [2.45, 2.75) is 6.54 Å². The second-order valence-electron chi connectivity index (χ2n) is 1.69. The number of nitro groups is 1. The summed E-state index contributed by atoms with van der Waals surface area (Å²) in [5.74, 6) is 0. The molecule has 52 valence electrons. The Morgan fingerprint density at radius 2 is 2.40 bits per heavy atom. The maximum atomic E-state index is 9.91. The molecule has 0 unspecified atom stereocenters. The Hall–Kier alpha value is -1.52. The Kier molecular flexibility index (Phi) is 1.89. The van der Waals surface area contributed by atoms with Gasteiger partial charge in [-0.05, 0) is 0 Å². The Morgan fingerprint density at radius 3 is 2.90 bits per heavy atom. The SMILES string of the molecule is O=[N+]([O-])Cc1cnccn1. The van der Waals surface area contributed by atoms with E-state index in [1.807, 2.05) is 0 Å². The van der Waals surface area contributed by atoms with Crippen molar-refractivity contribution in [1.29, 1.82) is 0 Å². The largest absolute Gasteiger partial charge is 0.264 e. The molecular weight excluding hydrogens is 134 g/mol. The molecule has 0 fully saturated rings. The lowest BCUT2D eigenvalue weighted by Crippen LogP contribution is -2.00. The van der Waals surface area contributed by atoms with Crippen molar-refractivity contribution in [3.05, 3.63) is 34.4 Å². The van der Waals surface area contributed by atoms with Gasteiger partial charge in [-0.2, -0.15) is 0 Å². The van der Waals surface area contributed by atoms with Gasteiger partial charge in [0.25, 0.3) is 0 Å². The van der Waals surface area contributed by atoms with Crippen molar-refractivity contribution in [3.63, 3.8) is 0 Å². The molecule has 0 N–H and O–H groups in total. The van der Waals surface area contributed by atoms with E-state index in [1.165, 1.54) is 18.6 Å². The first kappa shape index (κ1) is 6.60. The predicted molar refractivity (Wildman–Crippen MR) is 32.7 cm³/mol. The number of hydrogen-bond donors (Lipinski definition) is 0. The van der Waals surface area contributed by atoms with E-state index in [2.05, 4.69) is 9.97 Å². The van der Waals surface area contributed by atoms with Crippen molar-refractivity contribution >= 4 is 0 Å². The lowest BCUT2D eigenvalue weighted by molar-refractivity contribution is -0.497. The van der Waals surface area contributed by atoms with Crippen LogP contribution in [0, 0.1) is 10.1 Å². The van der Waals surface area contributed by atoms with Crippen LogP contribution in [0.5, 0.6) is 0 Å². The van der Waals surface area contributed by atoms with Crippen molar-refractivity contribution in [3.8, 4) is 0 Å². The molecule has 5 heteroatoms. The molecule has 0 aliphatic carbocycles. The van der Waals surface area contributed by atoms with Gasteiger partial charge in [0.05, 0.1) is 6.20 Å². The molecule has 1 heterocycles. The average Bonchev–Trinajstić information content (AvgIpc) is 1.88. The molecule has 0 aliphatic heterocycles. The monoisotopic (exact) mass is 139 g/mol. The highest BCUT2D eigenvalue weighted by molar-refractivity contribution is 4.91. The zero-order valence-corrected chi connectivity index (χ0v) is 5.10. The van der Waals surface area contributed by atoms with E-state index < -0.39 is 4.92 Å². The average molecular weight is 139 g/mol. The fourth-order valence-electron chi connectivity index (χ4n) is 0.544. The second kappa shape index (κ2) is 2.86. The molecular formula is C5H5N3O2. The minimum Gasteiger partial charge on any atom is -0.264 e. The molecule has 0 spiro atoms. The second-order valence-corrected chi connectivity index (χ2v) is 1.69. The standard InChI is InChI=1S/C5H5N3O2/c9-8(10)4-5-3-6-1-2-7-5/h1-3H,4H2. The number of aromatic nitrogens is 2. The quantitative estimate of drug-likeness (QED) is 0.435. The molecule has 10 heavy (non-hydrogen) atoms. The molecule has 1 aromatic heterocycles. The van der Waals surface area contributed by atoms with Crippen LogP contribution >= 0.6 is 0 Å². The van der Waals surface area contributed by atoms with E-state index in [-0.39, 0.29) is 6.54 Å². The fourth-order valence-corrected chi connectivity index (χ4v) is 0.544. The first-order valence-electron chi connectivity index (χ1n) is 2.66. The van der Waals surface area contributed by atoms with E-state index >= 15 is 0 Å². The summed E-state index contributed by atoms with van der Waals surface area (Å²) in [5.41, 5.74) is 0.382. The highest BCUT2D eigenvalue weighted by atomic mass is 16.6. The Balaban J connectivity index is 2.67. The molecule has 0 saturated heterocycles. The first-order chi connectivity index (χ1) is 4.79. The molecule has 0 saturated carbocycles. The van der Waals surface area contributed by atoms with Gasteiger partial charge in [-0.25, -0.2) is 0 Å². The summed E-state index contributed by atoms with van der Waals surface area (Å²) in [6.07, 6.45) is 4.28. The number of rotatable bonds is 2. The summed E-state index contributed by atoms with van der Waals surface area (Å²) < 4.78 is 0. The van der Waals surface area contributed by atoms with Crippen molar-refractivity contribution in [1.82, 2.24) is 9.97 Å². The molecule has 0 atom stereocenters. The van der Waals surface area contributed by atoms with E-state index in [0.29, 0.717) is 5.69 Å². The summed E-state index contributed by atoms with van der Waals surface area (Å²) >= 11 is 0. The molecule has 0 radical (unpaired) electrons. The highest BCUT2D eigenvalue weighted by Crippen LogP contribution is 1.90. The molecule has 1 rings (SSSR count). The molecule has 0 aromatic carbocycles. The smallest absolute Gasteiger partial charge is 0.247 e. The van der Waals surface area contributed by atoms with Crippen molar-refractivity contribution in [2.24, 2.45) is 0 Å². The van der Waals surface area contributed by atoms with Crippen molar-refractivity contribution in [2.75, 3.05) is 0 Å². The normalized spacial score (nSPS) is 9.20. The van der Waals surface area contributed by atoms with E-state index in [1.54, 1.807) is 0 Å². The van der Waals surface area contributed by atoms with Gasteiger partial charge >= 0.3 is 0 Å². The predicted octanol–water partition coefficient (Wildman–Crippen LogP) is 0.253. The van der Waals surface area contributed by atoms with E-state index in [9.17, 15) is 10.1 Å². The van der Waals surface area contributed by atoms with Crippen LogP contribution in [0.15, 0.2) is 18.6 Å². The number of hydrogen-bond acceptors (Lipinski definition) is 4. The molecule has 0 bridgehead atoms. The Morgan fingerprint density at radius 1 is 1.60 bits per heavy atom. The molecule has 5 nitrogen and oxygen atoms in total. The summed E-state index contributed by atoms with van der Waals surface area (Å²) in [5, 5.41) is 9.91. The molecule has 1 aromatic rings. The summed E-state index contributed by atoms with van der Waals surface area (Å²) in [6.45, 7) is -0.256. The highest BCUT2D eigenvalue weighted by Gasteiger charge is 1.99. The maximum Gasteiger partial charge on any atom is 0.247 e. The van der Waals surface area contributed by atoms with E-state index in [4.69, 9.17) is 0 Å². The zero-order valence-electron chi connectivity index (χ0n) is 5.10. The Bertz CT molecular complexity index is 224. The topological polar surface area (TPSA) is 68.9 Å². The summed E-state index contributed by atoms with van der Waals surface area (Å²) in [7, 11) is 0. The molecule has 0 amide bonds. The van der Waals surface area contributed by atoms with Crippen LogP contribution in [0.1, 0.15) is 5.69 Å². The van der Waals surface area contributed by atoms with E-state index in [0.717, 1.165) is 0 Å². The van der Waals surface area contributed by atoms with Crippen LogP contribution in [0.4, 0.5) is 0 Å². The Labute approximate surface area is 56.9 Å².